The van der Waals surface area contributed by atoms with Crippen molar-refractivity contribution in [1.29, 1.82) is 0 Å². The van der Waals surface area contributed by atoms with Crippen molar-refractivity contribution in [2.75, 3.05) is 20.6 Å². The van der Waals surface area contributed by atoms with Crippen molar-refractivity contribution in [2.24, 2.45) is 0 Å². The smallest absolute Gasteiger partial charge is 0.0370 e. The van der Waals surface area contributed by atoms with E-state index in [-0.39, 0.29) is 0 Å². The van der Waals surface area contributed by atoms with Crippen molar-refractivity contribution in [3.05, 3.63) is 70.8 Å². The first-order valence-corrected chi connectivity index (χ1v) is 8.56. The first-order valence-electron chi connectivity index (χ1n) is 8.56. The van der Waals surface area contributed by atoms with Crippen LogP contribution in [0.15, 0.2) is 48.5 Å². The van der Waals surface area contributed by atoms with Crippen molar-refractivity contribution in [2.45, 2.75) is 38.9 Å². The molecule has 0 radical (unpaired) electrons. The maximum atomic E-state index is 2.67. The number of benzene rings is 2. The molecule has 1 aliphatic rings. The second-order valence-corrected chi connectivity index (χ2v) is 7.18. The van der Waals surface area contributed by atoms with Gasteiger partial charge in [0, 0.05) is 25.2 Å². The Labute approximate surface area is 140 Å². The van der Waals surface area contributed by atoms with Crippen molar-refractivity contribution < 1.29 is 0 Å². The molecule has 0 bridgehead atoms. The summed E-state index contributed by atoms with van der Waals surface area (Å²) in [7, 11) is 4.34. The summed E-state index contributed by atoms with van der Waals surface area (Å²) >= 11 is 0. The molecule has 1 aliphatic heterocycles. The molecule has 0 spiro atoms. The number of rotatable bonds is 5. The normalized spacial score (nSPS) is 21.4. The molecule has 0 saturated carbocycles. The second-order valence-electron chi connectivity index (χ2n) is 7.18. The third-order valence-electron chi connectivity index (χ3n) is 5.02. The zero-order valence-electron chi connectivity index (χ0n) is 14.8. The van der Waals surface area contributed by atoms with Gasteiger partial charge in [-0.05, 0) is 51.1 Å². The lowest BCUT2D eigenvalue weighted by molar-refractivity contribution is -0.00806. The number of likely N-dealkylation sites (tertiary alicyclic amines) is 1. The van der Waals surface area contributed by atoms with Crippen LogP contribution in [0.4, 0.5) is 0 Å². The number of likely N-dealkylation sites (N-methyl/N-ethyl adjacent to an activating group) is 1. The fraction of sp³-hybridized carbons (Fsp3) is 0.429. The van der Waals surface area contributed by atoms with Crippen LogP contribution < -0.4 is 0 Å². The van der Waals surface area contributed by atoms with E-state index in [1.54, 1.807) is 0 Å². The first-order chi connectivity index (χ1) is 11.0. The predicted molar refractivity (Wildman–Crippen MR) is 97.6 cm³/mol. The third kappa shape index (κ3) is 3.65. The van der Waals surface area contributed by atoms with Crippen molar-refractivity contribution >= 4 is 0 Å². The Hall–Kier alpha value is -1.64. The molecule has 2 aromatic rings. The average Bonchev–Trinajstić information content (AvgIpc) is 2.51. The molecule has 2 atom stereocenters. The number of hydrogen-bond acceptors (Lipinski definition) is 2. The molecule has 0 N–H and O–H groups in total. The van der Waals surface area contributed by atoms with E-state index >= 15 is 0 Å². The number of hydrogen-bond donors (Lipinski definition) is 0. The summed E-state index contributed by atoms with van der Waals surface area (Å²) in [4.78, 5) is 4.98. The van der Waals surface area contributed by atoms with Crippen LogP contribution in [-0.4, -0.2) is 36.5 Å². The summed E-state index contributed by atoms with van der Waals surface area (Å²) in [5.74, 6) is 0. The van der Waals surface area contributed by atoms with Crippen molar-refractivity contribution in [3.63, 3.8) is 0 Å². The highest BCUT2D eigenvalue weighted by Crippen LogP contribution is 2.40. The van der Waals surface area contributed by atoms with Crippen LogP contribution in [0.25, 0.3) is 0 Å². The van der Waals surface area contributed by atoms with Crippen LogP contribution >= 0.6 is 0 Å². The van der Waals surface area contributed by atoms with Crippen molar-refractivity contribution in [1.82, 2.24) is 9.80 Å². The van der Waals surface area contributed by atoms with E-state index in [0.717, 1.165) is 13.1 Å². The van der Waals surface area contributed by atoms with Gasteiger partial charge in [-0.25, -0.2) is 0 Å². The third-order valence-corrected chi connectivity index (χ3v) is 5.02. The molecule has 3 rings (SSSR count). The molecule has 2 heteroatoms. The topological polar surface area (TPSA) is 6.48 Å². The largest absolute Gasteiger partial charge is 0.308 e. The summed E-state index contributed by atoms with van der Waals surface area (Å²) in [6.07, 6.45) is 1.26. The quantitative estimate of drug-likeness (QED) is 0.817. The Morgan fingerprint density at radius 1 is 1.00 bits per heavy atom. The van der Waals surface area contributed by atoms with Gasteiger partial charge in [0.25, 0.3) is 0 Å². The summed E-state index contributed by atoms with van der Waals surface area (Å²) in [6, 6.07) is 19.1. The summed E-state index contributed by atoms with van der Waals surface area (Å²) in [5, 5.41) is 0. The number of aryl methyl sites for hydroxylation is 2. The van der Waals surface area contributed by atoms with Gasteiger partial charge in [0.1, 0.15) is 0 Å². The van der Waals surface area contributed by atoms with E-state index in [9.17, 15) is 0 Å². The molecule has 2 nitrogen and oxygen atoms in total. The molecular formula is C21H28N2. The minimum atomic E-state index is 0.556. The Morgan fingerprint density at radius 2 is 1.70 bits per heavy atom. The predicted octanol–water partition coefficient (Wildman–Crippen LogP) is 4.18. The highest BCUT2D eigenvalue weighted by atomic mass is 15.3. The molecule has 0 aromatic heterocycles. The Kier molecular flexibility index (Phi) is 4.84. The highest BCUT2D eigenvalue weighted by Gasteiger charge is 2.39. The van der Waals surface area contributed by atoms with E-state index in [0.29, 0.717) is 12.1 Å². The molecule has 23 heavy (non-hydrogen) atoms. The molecule has 0 aliphatic carbocycles. The Morgan fingerprint density at radius 3 is 2.35 bits per heavy atom. The monoisotopic (exact) mass is 308 g/mol. The maximum absolute atomic E-state index is 2.67. The van der Waals surface area contributed by atoms with Gasteiger partial charge in [-0.3, -0.25) is 4.90 Å². The molecule has 1 heterocycles. The highest BCUT2D eigenvalue weighted by molar-refractivity contribution is 5.29. The second kappa shape index (κ2) is 6.86. The molecule has 2 aromatic carbocycles. The fourth-order valence-electron chi connectivity index (χ4n) is 3.59. The summed E-state index contributed by atoms with van der Waals surface area (Å²) in [6.45, 7) is 6.55. The lowest BCUT2D eigenvalue weighted by Gasteiger charge is -2.50. The minimum Gasteiger partial charge on any atom is -0.308 e. The molecule has 0 amide bonds. The molecule has 122 valence electrons. The zero-order valence-corrected chi connectivity index (χ0v) is 14.8. The fourth-order valence-corrected chi connectivity index (χ4v) is 3.59. The maximum Gasteiger partial charge on any atom is 0.0370 e. The molecular weight excluding hydrogens is 280 g/mol. The van der Waals surface area contributed by atoms with Gasteiger partial charge in [-0.15, -0.1) is 0 Å². The van der Waals surface area contributed by atoms with E-state index in [4.69, 9.17) is 0 Å². The summed E-state index contributed by atoms with van der Waals surface area (Å²) < 4.78 is 0. The SMILES string of the molecule is Cc1ccc(C2CC(CN(C)C)N2Cc2ccccc2C)cc1. The van der Waals surface area contributed by atoms with E-state index < -0.39 is 0 Å². The van der Waals surface area contributed by atoms with Gasteiger partial charge in [0.15, 0.2) is 0 Å². The average molecular weight is 308 g/mol. The summed E-state index contributed by atoms with van der Waals surface area (Å²) in [5.41, 5.74) is 5.64. The molecule has 1 fully saturated rings. The van der Waals surface area contributed by atoms with Crippen LogP contribution in [-0.2, 0) is 6.54 Å². The van der Waals surface area contributed by atoms with Gasteiger partial charge in [-0.2, -0.15) is 0 Å². The van der Waals surface area contributed by atoms with Gasteiger partial charge >= 0.3 is 0 Å². The van der Waals surface area contributed by atoms with Crippen LogP contribution in [0.3, 0.4) is 0 Å². The van der Waals surface area contributed by atoms with Crippen LogP contribution in [0.5, 0.6) is 0 Å². The van der Waals surface area contributed by atoms with Gasteiger partial charge < -0.3 is 4.90 Å². The lowest BCUT2D eigenvalue weighted by atomic mass is 9.85. The van der Waals surface area contributed by atoms with Crippen LogP contribution in [0, 0.1) is 13.8 Å². The minimum absolute atomic E-state index is 0.556. The lowest BCUT2D eigenvalue weighted by Crippen LogP contribution is -2.53. The molecule has 2 unspecified atom stereocenters. The van der Waals surface area contributed by atoms with Crippen molar-refractivity contribution in [3.8, 4) is 0 Å². The van der Waals surface area contributed by atoms with Crippen LogP contribution in [0.1, 0.15) is 34.7 Å². The van der Waals surface area contributed by atoms with Gasteiger partial charge in [0.2, 0.25) is 0 Å². The molecule has 1 saturated heterocycles. The van der Waals surface area contributed by atoms with Gasteiger partial charge in [0.05, 0.1) is 0 Å². The van der Waals surface area contributed by atoms with Crippen LogP contribution in [0.2, 0.25) is 0 Å². The number of nitrogens with zero attached hydrogens (tertiary/aromatic N) is 2. The Bertz CT molecular complexity index is 645. The van der Waals surface area contributed by atoms with E-state index in [1.165, 1.54) is 28.7 Å². The van der Waals surface area contributed by atoms with Gasteiger partial charge in [-0.1, -0.05) is 54.1 Å². The Balaban J connectivity index is 1.80. The van der Waals surface area contributed by atoms with E-state index in [1.807, 2.05) is 0 Å². The standard InChI is InChI=1S/C21H28N2/c1-16-9-11-18(12-10-16)21-13-20(15-22(3)4)23(21)14-19-8-6-5-7-17(19)2/h5-12,20-21H,13-15H2,1-4H3. The van der Waals surface area contributed by atoms with E-state index in [2.05, 4.69) is 86.3 Å². The zero-order chi connectivity index (χ0) is 16.4. The first kappa shape index (κ1) is 16.2.